The van der Waals surface area contributed by atoms with Crippen LogP contribution in [-0.4, -0.2) is 22.7 Å². The molecule has 0 amide bonds. The average molecular weight is 225 g/mol. The van der Waals surface area contributed by atoms with Crippen LogP contribution in [0.3, 0.4) is 0 Å². The minimum absolute atomic E-state index is 0.255. The van der Waals surface area contributed by atoms with Crippen molar-refractivity contribution in [1.29, 1.82) is 0 Å². The van der Waals surface area contributed by atoms with Gasteiger partial charge in [-0.05, 0) is 19.9 Å². The van der Waals surface area contributed by atoms with E-state index in [1.807, 2.05) is 0 Å². The van der Waals surface area contributed by atoms with Gasteiger partial charge in [-0.2, -0.15) is 4.98 Å². The summed E-state index contributed by atoms with van der Waals surface area (Å²) in [7, 11) is 0. The normalized spacial score (nSPS) is 17.1. The van der Waals surface area contributed by atoms with E-state index in [0.29, 0.717) is 12.0 Å². The number of hydrogen-bond acceptors (Lipinski definition) is 4. The first-order valence-corrected chi connectivity index (χ1v) is 6.16. The van der Waals surface area contributed by atoms with Crippen molar-refractivity contribution in [3.8, 4) is 0 Å². The van der Waals surface area contributed by atoms with Crippen molar-refractivity contribution >= 4 is 0 Å². The third-order valence-corrected chi connectivity index (χ3v) is 3.18. The van der Waals surface area contributed by atoms with Crippen LogP contribution < -0.4 is 5.32 Å². The molecule has 4 nitrogen and oxygen atoms in total. The molecule has 0 spiro atoms. The van der Waals surface area contributed by atoms with Gasteiger partial charge < -0.3 is 9.84 Å². The first kappa shape index (κ1) is 13.2. The monoisotopic (exact) mass is 225 g/mol. The molecule has 4 heteroatoms. The van der Waals surface area contributed by atoms with Gasteiger partial charge in [-0.15, -0.1) is 0 Å². The Morgan fingerprint density at radius 2 is 1.94 bits per heavy atom. The van der Waals surface area contributed by atoms with Gasteiger partial charge >= 0.3 is 0 Å². The van der Waals surface area contributed by atoms with Crippen molar-refractivity contribution in [2.75, 3.05) is 6.54 Å². The molecule has 3 atom stereocenters. The molecule has 0 bridgehead atoms. The van der Waals surface area contributed by atoms with E-state index >= 15 is 0 Å². The number of hydrogen-bond donors (Lipinski definition) is 1. The minimum Gasteiger partial charge on any atom is -0.339 e. The van der Waals surface area contributed by atoms with Crippen molar-refractivity contribution in [2.24, 2.45) is 0 Å². The van der Waals surface area contributed by atoms with Crippen LogP contribution in [0.1, 0.15) is 64.6 Å². The van der Waals surface area contributed by atoms with Gasteiger partial charge in [-0.25, -0.2) is 0 Å². The van der Waals surface area contributed by atoms with Crippen molar-refractivity contribution in [3.63, 3.8) is 0 Å². The molecule has 0 saturated heterocycles. The van der Waals surface area contributed by atoms with Crippen LogP contribution in [0.2, 0.25) is 0 Å². The fraction of sp³-hybridized carbons (Fsp3) is 0.833. The molecule has 0 fully saturated rings. The van der Waals surface area contributed by atoms with Gasteiger partial charge in [0.1, 0.15) is 0 Å². The van der Waals surface area contributed by atoms with Gasteiger partial charge in [0.25, 0.3) is 0 Å². The van der Waals surface area contributed by atoms with Crippen LogP contribution in [0.4, 0.5) is 0 Å². The Hall–Kier alpha value is -0.900. The highest BCUT2D eigenvalue weighted by Gasteiger charge is 2.21. The fourth-order valence-electron chi connectivity index (χ4n) is 1.53. The summed E-state index contributed by atoms with van der Waals surface area (Å²) in [6.45, 7) is 11.6. The summed E-state index contributed by atoms with van der Waals surface area (Å²) in [6.07, 6.45) is 1.04. The summed E-state index contributed by atoms with van der Waals surface area (Å²) < 4.78 is 5.32. The summed E-state index contributed by atoms with van der Waals surface area (Å²) in [5, 5.41) is 7.41. The molecule has 16 heavy (non-hydrogen) atoms. The third kappa shape index (κ3) is 3.04. The van der Waals surface area contributed by atoms with Crippen LogP contribution in [0.15, 0.2) is 4.52 Å². The highest BCUT2D eigenvalue weighted by molar-refractivity contribution is 4.99. The lowest BCUT2D eigenvalue weighted by atomic mass is 10.0. The van der Waals surface area contributed by atoms with Crippen LogP contribution >= 0.6 is 0 Å². The standard InChI is InChI=1S/C12H23N3O/c1-6-8(3)11-14-12(16-15-11)9(4)10(5)13-7-2/h8-10,13H,6-7H2,1-5H3. The van der Waals surface area contributed by atoms with E-state index in [1.54, 1.807) is 0 Å². The zero-order valence-electron chi connectivity index (χ0n) is 10.9. The SMILES string of the molecule is CCNC(C)C(C)c1nc(C(C)CC)no1. The van der Waals surface area contributed by atoms with E-state index in [-0.39, 0.29) is 5.92 Å². The Bertz CT molecular complexity index is 311. The predicted molar refractivity (Wildman–Crippen MR) is 64.6 cm³/mol. The van der Waals surface area contributed by atoms with Crippen LogP contribution in [0.25, 0.3) is 0 Å². The van der Waals surface area contributed by atoms with Gasteiger partial charge in [-0.1, -0.05) is 32.9 Å². The molecule has 3 unspecified atom stereocenters. The largest absolute Gasteiger partial charge is 0.339 e. The van der Waals surface area contributed by atoms with Gasteiger partial charge in [0, 0.05) is 12.0 Å². The second-order valence-corrected chi connectivity index (χ2v) is 4.44. The maximum absolute atomic E-state index is 5.32. The Morgan fingerprint density at radius 3 is 2.50 bits per heavy atom. The molecule has 1 aromatic rings. The molecule has 0 aliphatic rings. The maximum Gasteiger partial charge on any atom is 0.231 e. The molecule has 1 heterocycles. The van der Waals surface area contributed by atoms with Crippen molar-refractivity contribution in [1.82, 2.24) is 15.5 Å². The molecule has 0 aromatic carbocycles. The van der Waals surface area contributed by atoms with Crippen molar-refractivity contribution in [3.05, 3.63) is 11.7 Å². The maximum atomic E-state index is 5.32. The lowest BCUT2D eigenvalue weighted by molar-refractivity contribution is 0.328. The van der Waals surface area contributed by atoms with E-state index in [9.17, 15) is 0 Å². The number of nitrogens with one attached hydrogen (secondary N) is 1. The lowest BCUT2D eigenvalue weighted by Gasteiger charge is -2.16. The highest BCUT2D eigenvalue weighted by atomic mass is 16.5. The zero-order chi connectivity index (χ0) is 12.1. The van der Waals surface area contributed by atoms with E-state index in [0.717, 1.165) is 24.7 Å². The number of aromatic nitrogens is 2. The summed E-state index contributed by atoms with van der Waals surface area (Å²) in [5.74, 6) is 2.20. The van der Waals surface area contributed by atoms with Gasteiger partial charge in [0.05, 0.1) is 5.92 Å². The first-order chi connectivity index (χ1) is 7.60. The molecular formula is C12H23N3O. The topological polar surface area (TPSA) is 51.0 Å². The second kappa shape index (κ2) is 5.99. The van der Waals surface area contributed by atoms with Crippen LogP contribution in [-0.2, 0) is 0 Å². The Morgan fingerprint density at radius 1 is 1.25 bits per heavy atom. The molecule has 0 aliphatic carbocycles. The molecule has 1 rings (SSSR count). The molecule has 0 radical (unpaired) electrons. The van der Waals surface area contributed by atoms with E-state index in [1.165, 1.54) is 0 Å². The zero-order valence-corrected chi connectivity index (χ0v) is 10.9. The highest BCUT2D eigenvalue weighted by Crippen LogP contribution is 2.21. The summed E-state index contributed by atoms with van der Waals surface area (Å²) in [4.78, 5) is 4.47. The van der Waals surface area contributed by atoms with Crippen LogP contribution in [0, 0.1) is 0 Å². The lowest BCUT2D eigenvalue weighted by Crippen LogP contribution is -2.30. The molecule has 0 aliphatic heterocycles. The van der Waals surface area contributed by atoms with E-state index < -0.39 is 0 Å². The number of nitrogens with zero attached hydrogens (tertiary/aromatic N) is 2. The summed E-state index contributed by atoms with van der Waals surface area (Å²) in [6, 6.07) is 0.357. The van der Waals surface area contributed by atoms with E-state index in [2.05, 4.69) is 50.1 Å². The molecule has 1 aromatic heterocycles. The third-order valence-electron chi connectivity index (χ3n) is 3.18. The molecule has 0 saturated carbocycles. The van der Waals surface area contributed by atoms with Gasteiger partial charge in [-0.3, -0.25) is 0 Å². The van der Waals surface area contributed by atoms with Crippen molar-refractivity contribution in [2.45, 2.75) is 58.9 Å². The summed E-state index contributed by atoms with van der Waals surface area (Å²) >= 11 is 0. The smallest absolute Gasteiger partial charge is 0.231 e. The Balaban J connectivity index is 2.69. The molecule has 92 valence electrons. The number of likely N-dealkylation sites (N-methyl/N-ethyl adjacent to an activating group) is 1. The Kier molecular flexibility index (Phi) is 4.93. The number of rotatable bonds is 6. The van der Waals surface area contributed by atoms with Crippen molar-refractivity contribution < 1.29 is 4.52 Å². The first-order valence-electron chi connectivity index (χ1n) is 6.16. The van der Waals surface area contributed by atoms with Gasteiger partial charge in [0.15, 0.2) is 5.82 Å². The van der Waals surface area contributed by atoms with Gasteiger partial charge in [0.2, 0.25) is 5.89 Å². The second-order valence-electron chi connectivity index (χ2n) is 4.44. The fourth-order valence-corrected chi connectivity index (χ4v) is 1.53. The quantitative estimate of drug-likeness (QED) is 0.808. The predicted octanol–water partition coefficient (Wildman–Crippen LogP) is 2.68. The Labute approximate surface area is 97.8 Å². The summed E-state index contributed by atoms with van der Waals surface area (Å²) in [5.41, 5.74) is 0. The average Bonchev–Trinajstić information content (AvgIpc) is 2.76. The molecule has 1 N–H and O–H groups in total. The van der Waals surface area contributed by atoms with Crippen LogP contribution in [0.5, 0.6) is 0 Å². The van der Waals surface area contributed by atoms with E-state index in [4.69, 9.17) is 4.52 Å². The molecular weight excluding hydrogens is 202 g/mol. The minimum atomic E-state index is 0.255.